The van der Waals surface area contributed by atoms with Crippen LogP contribution in [-0.2, 0) is 6.54 Å². The van der Waals surface area contributed by atoms with Crippen LogP contribution in [-0.4, -0.2) is 38.2 Å². The van der Waals surface area contributed by atoms with E-state index in [0.717, 1.165) is 24.8 Å². The Hall–Kier alpha value is -1.06. The highest BCUT2D eigenvalue weighted by Gasteiger charge is 2.19. The molecular formula is C16H26N2O. The first-order valence-corrected chi connectivity index (χ1v) is 7.22. The van der Waals surface area contributed by atoms with Gasteiger partial charge >= 0.3 is 0 Å². The fourth-order valence-corrected chi connectivity index (χ4v) is 2.84. The standard InChI is InChI=1S/C16H26N2O/c1-13-8-9-17-15(10-13)12-18(2)11-14-4-6-16(19-3)7-5-14/h4-7,13,15,17H,8-12H2,1-3H3. The fourth-order valence-electron chi connectivity index (χ4n) is 2.84. The second-order valence-corrected chi connectivity index (χ2v) is 5.83. The van der Waals surface area contributed by atoms with Gasteiger partial charge in [0.05, 0.1) is 7.11 Å². The minimum Gasteiger partial charge on any atom is -0.497 e. The van der Waals surface area contributed by atoms with Crippen LogP contribution in [0.1, 0.15) is 25.3 Å². The fraction of sp³-hybridized carbons (Fsp3) is 0.625. The number of hydrogen-bond donors (Lipinski definition) is 1. The molecule has 1 aromatic carbocycles. The third-order valence-electron chi connectivity index (χ3n) is 3.90. The van der Waals surface area contributed by atoms with E-state index in [4.69, 9.17) is 4.74 Å². The summed E-state index contributed by atoms with van der Waals surface area (Å²) < 4.78 is 5.18. The van der Waals surface area contributed by atoms with Gasteiger partial charge in [-0.2, -0.15) is 0 Å². The lowest BCUT2D eigenvalue weighted by Crippen LogP contribution is -2.44. The third kappa shape index (κ3) is 4.51. The summed E-state index contributed by atoms with van der Waals surface area (Å²) in [4.78, 5) is 2.40. The van der Waals surface area contributed by atoms with Crippen LogP contribution in [0.15, 0.2) is 24.3 Å². The molecule has 1 fully saturated rings. The van der Waals surface area contributed by atoms with Crippen molar-refractivity contribution < 1.29 is 4.74 Å². The van der Waals surface area contributed by atoms with Crippen LogP contribution >= 0.6 is 0 Å². The summed E-state index contributed by atoms with van der Waals surface area (Å²) in [5.41, 5.74) is 1.34. The smallest absolute Gasteiger partial charge is 0.118 e. The van der Waals surface area contributed by atoms with Crippen molar-refractivity contribution in [2.75, 3.05) is 27.2 Å². The van der Waals surface area contributed by atoms with E-state index in [9.17, 15) is 0 Å². The first-order chi connectivity index (χ1) is 9.17. The lowest BCUT2D eigenvalue weighted by atomic mass is 9.94. The normalized spacial score (nSPS) is 23.6. The zero-order chi connectivity index (χ0) is 13.7. The minimum atomic E-state index is 0.645. The predicted octanol–water partition coefficient (Wildman–Crippen LogP) is 2.52. The second kappa shape index (κ2) is 6.92. The SMILES string of the molecule is COc1ccc(CN(C)CC2CC(C)CCN2)cc1. The van der Waals surface area contributed by atoms with E-state index >= 15 is 0 Å². The van der Waals surface area contributed by atoms with Crippen molar-refractivity contribution in [1.29, 1.82) is 0 Å². The molecule has 2 unspecified atom stereocenters. The van der Waals surface area contributed by atoms with Crippen LogP contribution in [0.5, 0.6) is 5.75 Å². The highest BCUT2D eigenvalue weighted by atomic mass is 16.5. The molecular weight excluding hydrogens is 236 g/mol. The Morgan fingerprint density at radius 2 is 2.05 bits per heavy atom. The molecule has 1 saturated heterocycles. The lowest BCUT2D eigenvalue weighted by Gasteiger charge is -2.31. The summed E-state index contributed by atoms with van der Waals surface area (Å²) in [6.45, 7) is 5.65. The van der Waals surface area contributed by atoms with Gasteiger partial charge < -0.3 is 15.0 Å². The van der Waals surface area contributed by atoms with Gasteiger partial charge in [0.15, 0.2) is 0 Å². The molecule has 19 heavy (non-hydrogen) atoms. The summed E-state index contributed by atoms with van der Waals surface area (Å²) >= 11 is 0. The van der Waals surface area contributed by atoms with E-state index in [0.29, 0.717) is 6.04 Å². The molecule has 1 N–H and O–H groups in total. The second-order valence-electron chi connectivity index (χ2n) is 5.83. The van der Waals surface area contributed by atoms with Gasteiger partial charge in [-0.1, -0.05) is 19.1 Å². The van der Waals surface area contributed by atoms with Crippen LogP contribution in [0.3, 0.4) is 0 Å². The first-order valence-electron chi connectivity index (χ1n) is 7.22. The number of piperidine rings is 1. The van der Waals surface area contributed by atoms with Gasteiger partial charge in [0.1, 0.15) is 5.75 Å². The third-order valence-corrected chi connectivity index (χ3v) is 3.90. The van der Waals surface area contributed by atoms with E-state index in [1.165, 1.54) is 24.9 Å². The zero-order valence-corrected chi connectivity index (χ0v) is 12.4. The molecule has 0 spiro atoms. The molecule has 0 saturated carbocycles. The van der Waals surface area contributed by atoms with Gasteiger partial charge in [-0.3, -0.25) is 0 Å². The zero-order valence-electron chi connectivity index (χ0n) is 12.4. The van der Waals surface area contributed by atoms with Gasteiger partial charge in [0, 0.05) is 19.1 Å². The quantitative estimate of drug-likeness (QED) is 0.882. The van der Waals surface area contributed by atoms with Crippen LogP contribution in [0.25, 0.3) is 0 Å². The van der Waals surface area contributed by atoms with Crippen molar-refractivity contribution in [3.63, 3.8) is 0 Å². The monoisotopic (exact) mass is 262 g/mol. The van der Waals surface area contributed by atoms with Crippen LogP contribution in [0, 0.1) is 5.92 Å². The first kappa shape index (κ1) is 14.4. The summed E-state index contributed by atoms with van der Waals surface area (Å²) in [7, 11) is 3.90. The number of rotatable bonds is 5. The average Bonchev–Trinajstić information content (AvgIpc) is 2.39. The van der Waals surface area contributed by atoms with Crippen molar-refractivity contribution in [2.24, 2.45) is 5.92 Å². The molecule has 0 bridgehead atoms. The molecule has 1 aliphatic rings. The number of methoxy groups -OCH3 is 1. The largest absolute Gasteiger partial charge is 0.497 e. The van der Waals surface area contributed by atoms with Crippen molar-refractivity contribution in [2.45, 2.75) is 32.4 Å². The van der Waals surface area contributed by atoms with Gasteiger partial charge in [0.25, 0.3) is 0 Å². The minimum absolute atomic E-state index is 0.645. The van der Waals surface area contributed by atoms with Crippen LogP contribution < -0.4 is 10.1 Å². The van der Waals surface area contributed by atoms with Crippen molar-refractivity contribution in [3.05, 3.63) is 29.8 Å². The summed E-state index contributed by atoms with van der Waals surface area (Å²) in [5, 5.41) is 3.62. The van der Waals surface area contributed by atoms with E-state index in [1.807, 2.05) is 12.1 Å². The van der Waals surface area contributed by atoms with E-state index in [1.54, 1.807) is 7.11 Å². The van der Waals surface area contributed by atoms with Gasteiger partial charge in [-0.15, -0.1) is 0 Å². The number of likely N-dealkylation sites (N-methyl/N-ethyl adjacent to an activating group) is 1. The van der Waals surface area contributed by atoms with Crippen LogP contribution in [0.2, 0.25) is 0 Å². The Kier molecular flexibility index (Phi) is 5.23. The lowest BCUT2D eigenvalue weighted by molar-refractivity contribution is 0.230. The molecule has 3 nitrogen and oxygen atoms in total. The molecule has 1 heterocycles. The maximum Gasteiger partial charge on any atom is 0.118 e. The number of nitrogens with one attached hydrogen (secondary N) is 1. The number of ether oxygens (including phenoxy) is 1. The highest BCUT2D eigenvalue weighted by molar-refractivity contribution is 5.27. The maximum absolute atomic E-state index is 5.18. The molecule has 0 amide bonds. The maximum atomic E-state index is 5.18. The summed E-state index contributed by atoms with van der Waals surface area (Å²) in [5.74, 6) is 1.79. The van der Waals surface area contributed by atoms with Crippen molar-refractivity contribution in [1.82, 2.24) is 10.2 Å². The molecule has 1 aromatic rings. The van der Waals surface area contributed by atoms with Crippen molar-refractivity contribution in [3.8, 4) is 5.75 Å². The van der Waals surface area contributed by atoms with E-state index in [-0.39, 0.29) is 0 Å². The number of hydrogen-bond acceptors (Lipinski definition) is 3. The molecule has 0 aliphatic carbocycles. The number of nitrogens with zero attached hydrogens (tertiary/aromatic N) is 1. The number of benzene rings is 1. The molecule has 2 rings (SSSR count). The summed E-state index contributed by atoms with van der Waals surface area (Å²) in [6.07, 6.45) is 2.62. The average molecular weight is 262 g/mol. The highest BCUT2D eigenvalue weighted by Crippen LogP contribution is 2.17. The Labute approximate surface area is 116 Å². The molecule has 0 aromatic heterocycles. The molecule has 106 valence electrons. The molecule has 1 aliphatic heterocycles. The molecule has 3 heteroatoms. The van der Waals surface area contributed by atoms with Crippen LogP contribution in [0.4, 0.5) is 0 Å². The van der Waals surface area contributed by atoms with Crippen molar-refractivity contribution >= 4 is 0 Å². The van der Waals surface area contributed by atoms with Gasteiger partial charge in [-0.25, -0.2) is 0 Å². The molecule has 0 radical (unpaired) electrons. The Morgan fingerprint density at radius 1 is 1.32 bits per heavy atom. The Morgan fingerprint density at radius 3 is 2.68 bits per heavy atom. The topological polar surface area (TPSA) is 24.5 Å². The van der Waals surface area contributed by atoms with E-state index in [2.05, 4.69) is 36.3 Å². The van der Waals surface area contributed by atoms with E-state index < -0.39 is 0 Å². The predicted molar refractivity (Wildman–Crippen MR) is 79.5 cm³/mol. The summed E-state index contributed by atoms with van der Waals surface area (Å²) in [6, 6.07) is 9.00. The van der Waals surface area contributed by atoms with Gasteiger partial charge in [-0.05, 0) is 50.0 Å². The Bertz CT molecular complexity index is 377. The van der Waals surface area contributed by atoms with Gasteiger partial charge in [0.2, 0.25) is 0 Å². The molecule has 2 atom stereocenters. The Balaban J connectivity index is 1.81.